The molecule has 1 amide bonds. The molecule has 0 spiro atoms. The standard InChI is InChI=1S/C20H18ClN3O2/c21-15-6-7-16-14(10-15)11-18(23-16)20(26)24-9-3-4-13(12-24)19(25)17-5-1-2-8-22-17/h1-2,5-8,10-11,13,23H,3-4,9,12H2/t13-/m0/s1. The summed E-state index contributed by atoms with van der Waals surface area (Å²) in [5.74, 6) is -0.288. The number of benzene rings is 1. The van der Waals surface area contributed by atoms with Gasteiger partial charge in [0.25, 0.3) is 5.91 Å². The number of carbonyl (C=O) groups excluding carboxylic acids is 2. The third-order valence-electron chi connectivity index (χ3n) is 4.81. The Morgan fingerprint density at radius 1 is 1.19 bits per heavy atom. The molecule has 1 N–H and O–H groups in total. The number of aromatic amines is 1. The Balaban J connectivity index is 1.53. The number of carbonyl (C=O) groups is 2. The normalized spacial score (nSPS) is 17.4. The molecule has 1 fully saturated rings. The lowest BCUT2D eigenvalue weighted by atomic mass is 9.91. The molecule has 1 aliphatic rings. The van der Waals surface area contributed by atoms with Crippen LogP contribution in [0.4, 0.5) is 0 Å². The largest absolute Gasteiger partial charge is 0.351 e. The van der Waals surface area contributed by atoms with E-state index in [0.717, 1.165) is 23.7 Å². The maximum Gasteiger partial charge on any atom is 0.270 e. The molecule has 0 bridgehead atoms. The zero-order valence-corrected chi connectivity index (χ0v) is 14.9. The van der Waals surface area contributed by atoms with Gasteiger partial charge in [0.05, 0.1) is 0 Å². The van der Waals surface area contributed by atoms with Crippen LogP contribution in [0.2, 0.25) is 5.02 Å². The van der Waals surface area contributed by atoms with Gasteiger partial charge in [-0.3, -0.25) is 14.6 Å². The summed E-state index contributed by atoms with van der Waals surface area (Å²) >= 11 is 6.02. The number of amides is 1. The van der Waals surface area contributed by atoms with Crippen LogP contribution in [0.25, 0.3) is 10.9 Å². The molecule has 5 nitrogen and oxygen atoms in total. The van der Waals surface area contributed by atoms with Crippen molar-refractivity contribution in [3.05, 3.63) is 65.1 Å². The van der Waals surface area contributed by atoms with E-state index < -0.39 is 0 Å². The molecule has 2 aromatic heterocycles. The van der Waals surface area contributed by atoms with Gasteiger partial charge in [0.15, 0.2) is 5.78 Å². The molecule has 3 heterocycles. The van der Waals surface area contributed by atoms with E-state index in [0.29, 0.717) is 29.5 Å². The summed E-state index contributed by atoms with van der Waals surface area (Å²) in [4.78, 5) is 34.6. The predicted octanol–water partition coefficient (Wildman–Crippen LogP) is 3.95. The van der Waals surface area contributed by atoms with E-state index in [2.05, 4.69) is 9.97 Å². The molecule has 0 radical (unpaired) electrons. The first-order chi connectivity index (χ1) is 12.6. The van der Waals surface area contributed by atoms with E-state index in [-0.39, 0.29) is 17.6 Å². The minimum atomic E-state index is -0.207. The van der Waals surface area contributed by atoms with Gasteiger partial charge in [0.1, 0.15) is 11.4 Å². The molecule has 0 aliphatic carbocycles. The van der Waals surface area contributed by atoms with Gasteiger partial charge in [-0.15, -0.1) is 0 Å². The summed E-state index contributed by atoms with van der Waals surface area (Å²) in [5.41, 5.74) is 1.86. The highest BCUT2D eigenvalue weighted by atomic mass is 35.5. The molecule has 0 unspecified atom stereocenters. The number of rotatable bonds is 3. The lowest BCUT2D eigenvalue weighted by Crippen LogP contribution is -2.42. The molecule has 1 aromatic carbocycles. The number of likely N-dealkylation sites (tertiary alicyclic amines) is 1. The monoisotopic (exact) mass is 367 g/mol. The summed E-state index contributed by atoms with van der Waals surface area (Å²) in [6.45, 7) is 1.07. The number of ketones is 1. The average molecular weight is 368 g/mol. The van der Waals surface area contributed by atoms with Crippen LogP contribution in [0, 0.1) is 5.92 Å². The second-order valence-corrected chi connectivity index (χ2v) is 7.02. The van der Waals surface area contributed by atoms with Crippen LogP contribution in [0.1, 0.15) is 33.8 Å². The van der Waals surface area contributed by atoms with Gasteiger partial charge in [-0.1, -0.05) is 17.7 Å². The van der Waals surface area contributed by atoms with Crippen molar-refractivity contribution in [1.82, 2.24) is 14.9 Å². The van der Waals surface area contributed by atoms with E-state index in [1.165, 1.54) is 0 Å². The van der Waals surface area contributed by atoms with Crippen LogP contribution in [0.15, 0.2) is 48.7 Å². The molecular formula is C20H18ClN3O2. The Kier molecular flexibility index (Phi) is 4.47. The smallest absolute Gasteiger partial charge is 0.270 e. The van der Waals surface area contributed by atoms with Crippen LogP contribution in [0.3, 0.4) is 0 Å². The van der Waals surface area contributed by atoms with Gasteiger partial charge in [-0.05, 0) is 49.2 Å². The van der Waals surface area contributed by atoms with Crippen molar-refractivity contribution < 1.29 is 9.59 Å². The lowest BCUT2D eigenvalue weighted by Gasteiger charge is -2.31. The Morgan fingerprint density at radius 3 is 2.88 bits per heavy atom. The molecule has 1 saturated heterocycles. The molecule has 0 saturated carbocycles. The van der Waals surface area contributed by atoms with E-state index in [1.807, 2.05) is 24.3 Å². The van der Waals surface area contributed by atoms with Crippen molar-refractivity contribution in [3.8, 4) is 0 Å². The molecule has 1 aliphatic heterocycles. The Hall–Kier alpha value is -2.66. The molecule has 4 rings (SSSR count). The predicted molar refractivity (Wildman–Crippen MR) is 101 cm³/mol. The summed E-state index contributed by atoms with van der Waals surface area (Å²) in [6.07, 6.45) is 3.21. The lowest BCUT2D eigenvalue weighted by molar-refractivity contribution is 0.0631. The quantitative estimate of drug-likeness (QED) is 0.713. The Labute approximate surface area is 156 Å². The third kappa shape index (κ3) is 3.22. The topological polar surface area (TPSA) is 66.1 Å². The minimum Gasteiger partial charge on any atom is -0.351 e. The molecule has 3 aromatic rings. The van der Waals surface area contributed by atoms with Crippen LogP contribution in [-0.4, -0.2) is 39.6 Å². The van der Waals surface area contributed by atoms with Crippen molar-refractivity contribution in [2.45, 2.75) is 12.8 Å². The van der Waals surface area contributed by atoms with Gasteiger partial charge in [-0.2, -0.15) is 0 Å². The summed E-state index contributed by atoms with van der Waals surface area (Å²) in [7, 11) is 0. The Bertz CT molecular complexity index is 968. The number of hydrogen-bond donors (Lipinski definition) is 1. The maximum absolute atomic E-state index is 12.9. The van der Waals surface area contributed by atoms with Crippen LogP contribution >= 0.6 is 11.6 Å². The third-order valence-corrected chi connectivity index (χ3v) is 5.05. The second kappa shape index (κ2) is 6.92. The first-order valence-electron chi connectivity index (χ1n) is 8.64. The highest BCUT2D eigenvalue weighted by molar-refractivity contribution is 6.31. The number of halogens is 1. The number of Topliss-reactive ketones (excluding diaryl/α,β-unsaturated/α-hetero) is 1. The first kappa shape index (κ1) is 16.8. The summed E-state index contributed by atoms with van der Waals surface area (Å²) in [5, 5.41) is 1.54. The fraction of sp³-hybridized carbons (Fsp3) is 0.250. The number of hydrogen-bond acceptors (Lipinski definition) is 3. The van der Waals surface area contributed by atoms with E-state index >= 15 is 0 Å². The number of H-pyrrole nitrogens is 1. The Morgan fingerprint density at radius 2 is 2.08 bits per heavy atom. The van der Waals surface area contributed by atoms with Crippen molar-refractivity contribution in [1.29, 1.82) is 0 Å². The van der Waals surface area contributed by atoms with E-state index in [1.54, 1.807) is 29.3 Å². The summed E-state index contributed by atoms with van der Waals surface area (Å²) in [6, 6.07) is 12.6. The highest BCUT2D eigenvalue weighted by Crippen LogP contribution is 2.24. The number of aromatic nitrogens is 2. The van der Waals surface area contributed by atoms with Crippen molar-refractivity contribution in [2.24, 2.45) is 5.92 Å². The van der Waals surface area contributed by atoms with E-state index in [9.17, 15) is 9.59 Å². The first-order valence-corrected chi connectivity index (χ1v) is 9.02. The number of fused-ring (bicyclic) bond motifs is 1. The SMILES string of the molecule is O=C(c1ccccn1)[C@H]1CCCN(C(=O)c2cc3cc(Cl)ccc3[nH]2)C1. The number of nitrogens with one attached hydrogen (secondary N) is 1. The van der Waals surface area contributed by atoms with Crippen molar-refractivity contribution in [2.75, 3.05) is 13.1 Å². The zero-order chi connectivity index (χ0) is 18.1. The summed E-state index contributed by atoms with van der Waals surface area (Å²) < 4.78 is 0. The fourth-order valence-corrected chi connectivity index (χ4v) is 3.66. The van der Waals surface area contributed by atoms with Gasteiger partial charge in [0, 0.05) is 41.1 Å². The number of pyridine rings is 1. The molecule has 6 heteroatoms. The second-order valence-electron chi connectivity index (χ2n) is 6.58. The van der Waals surface area contributed by atoms with Gasteiger partial charge in [0.2, 0.25) is 0 Å². The molecule has 132 valence electrons. The van der Waals surface area contributed by atoms with Gasteiger partial charge in [-0.25, -0.2) is 0 Å². The minimum absolute atomic E-state index is 0.00605. The molecule has 26 heavy (non-hydrogen) atoms. The van der Waals surface area contributed by atoms with Crippen LogP contribution in [0.5, 0.6) is 0 Å². The average Bonchev–Trinajstić information content (AvgIpc) is 3.10. The van der Waals surface area contributed by atoms with Crippen molar-refractivity contribution >= 4 is 34.2 Å². The van der Waals surface area contributed by atoms with Crippen LogP contribution < -0.4 is 0 Å². The highest BCUT2D eigenvalue weighted by Gasteiger charge is 2.30. The zero-order valence-electron chi connectivity index (χ0n) is 14.1. The van der Waals surface area contributed by atoms with Gasteiger partial charge >= 0.3 is 0 Å². The number of nitrogens with zero attached hydrogens (tertiary/aromatic N) is 2. The maximum atomic E-state index is 12.9. The molecule has 1 atom stereocenters. The fourth-order valence-electron chi connectivity index (χ4n) is 3.48. The number of piperidine rings is 1. The van der Waals surface area contributed by atoms with Crippen LogP contribution in [-0.2, 0) is 0 Å². The van der Waals surface area contributed by atoms with Gasteiger partial charge < -0.3 is 9.88 Å². The van der Waals surface area contributed by atoms with E-state index in [4.69, 9.17) is 11.6 Å². The van der Waals surface area contributed by atoms with Crippen molar-refractivity contribution in [3.63, 3.8) is 0 Å². The molecular weight excluding hydrogens is 350 g/mol.